The van der Waals surface area contributed by atoms with E-state index in [0.29, 0.717) is 5.75 Å². The molecule has 112 valence electrons. The molecule has 20 heavy (non-hydrogen) atoms. The summed E-state index contributed by atoms with van der Waals surface area (Å²) in [5.74, 6) is 0.464. The van der Waals surface area contributed by atoms with E-state index in [1.165, 1.54) is 19.3 Å². The van der Waals surface area contributed by atoms with Crippen molar-refractivity contribution in [2.24, 2.45) is 0 Å². The Balaban J connectivity index is 0.000000796. The molecular formula is C14H20O6. The second-order valence-corrected chi connectivity index (χ2v) is 4.07. The maximum atomic E-state index is 10.5. The summed E-state index contributed by atoms with van der Waals surface area (Å²) in [5.41, 5.74) is 0.973. The van der Waals surface area contributed by atoms with Gasteiger partial charge in [0, 0.05) is 0 Å². The Kier molecular flexibility index (Phi) is 9.47. The molecule has 0 bridgehead atoms. The van der Waals surface area contributed by atoms with Crippen LogP contribution in [0.2, 0.25) is 0 Å². The smallest absolute Gasteiger partial charge is 0.450 e. The van der Waals surface area contributed by atoms with Crippen LogP contribution in [-0.4, -0.2) is 27.6 Å². The van der Waals surface area contributed by atoms with Crippen LogP contribution in [0, 0.1) is 0 Å². The fourth-order valence-corrected chi connectivity index (χ4v) is 1.65. The maximum Gasteiger partial charge on any atom is 0.511 e. The van der Waals surface area contributed by atoms with Crippen molar-refractivity contribution in [2.45, 2.75) is 39.0 Å². The van der Waals surface area contributed by atoms with Crippen LogP contribution < -0.4 is 4.74 Å². The fraction of sp³-hybridized carbons (Fsp3) is 0.429. The Morgan fingerprint density at radius 1 is 1.05 bits per heavy atom. The van der Waals surface area contributed by atoms with Crippen LogP contribution in [-0.2, 0) is 6.42 Å². The van der Waals surface area contributed by atoms with E-state index >= 15 is 0 Å². The first-order valence-corrected chi connectivity index (χ1v) is 6.38. The average molecular weight is 284 g/mol. The molecule has 0 saturated heterocycles. The Morgan fingerprint density at radius 3 is 2.20 bits per heavy atom. The second-order valence-electron chi connectivity index (χ2n) is 4.07. The molecule has 0 spiro atoms. The number of unbranched alkanes of at least 4 members (excludes halogenated alkanes) is 3. The molecule has 1 rings (SSSR count). The monoisotopic (exact) mass is 284 g/mol. The maximum absolute atomic E-state index is 10.5. The molecular weight excluding hydrogens is 264 g/mol. The fourth-order valence-electron chi connectivity index (χ4n) is 1.65. The van der Waals surface area contributed by atoms with Crippen molar-refractivity contribution in [3.05, 3.63) is 29.8 Å². The zero-order valence-electron chi connectivity index (χ0n) is 11.4. The number of hydrogen-bond donors (Lipinski definition) is 3. The Labute approximate surface area is 117 Å². The highest BCUT2D eigenvalue weighted by Crippen LogP contribution is 2.20. The van der Waals surface area contributed by atoms with Crippen LogP contribution >= 0.6 is 0 Å². The van der Waals surface area contributed by atoms with Gasteiger partial charge in [-0.1, -0.05) is 44.4 Å². The molecule has 1 aromatic rings. The Hall–Kier alpha value is -2.24. The lowest BCUT2D eigenvalue weighted by molar-refractivity contribution is 0.136. The molecule has 0 saturated carbocycles. The van der Waals surface area contributed by atoms with Gasteiger partial charge in [-0.25, -0.2) is 9.59 Å². The van der Waals surface area contributed by atoms with E-state index in [9.17, 15) is 4.79 Å². The van der Waals surface area contributed by atoms with Crippen molar-refractivity contribution < 1.29 is 29.6 Å². The van der Waals surface area contributed by atoms with Crippen molar-refractivity contribution in [2.75, 3.05) is 0 Å². The summed E-state index contributed by atoms with van der Waals surface area (Å²) in [6.07, 6.45) is 2.48. The summed E-state index contributed by atoms with van der Waals surface area (Å²) >= 11 is 0. The Morgan fingerprint density at radius 2 is 1.65 bits per heavy atom. The topological polar surface area (TPSA) is 104 Å². The first kappa shape index (κ1) is 17.8. The van der Waals surface area contributed by atoms with Gasteiger partial charge in [0.25, 0.3) is 0 Å². The van der Waals surface area contributed by atoms with E-state index in [-0.39, 0.29) is 0 Å². The van der Waals surface area contributed by atoms with Crippen molar-refractivity contribution in [3.63, 3.8) is 0 Å². The van der Waals surface area contributed by atoms with Gasteiger partial charge in [-0.3, -0.25) is 0 Å². The number of aryl methyl sites for hydroxylation is 1. The first-order valence-electron chi connectivity index (χ1n) is 6.38. The summed E-state index contributed by atoms with van der Waals surface area (Å²) in [7, 11) is 0. The third-order valence-corrected chi connectivity index (χ3v) is 2.47. The normalized spacial score (nSPS) is 9.25. The third kappa shape index (κ3) is 9.76. The lowest BCUT2D eigenvalue weighted by atomic mass is 10.1. The molecule has 0 atom stereocenters. The molecule has 0 fully saturated rings. The van der Waals surface area contributed by atoms with Gasteiger partial charge in [-0.15, -0.1) is 0 Å². The molecule has 6 heteroatoms. The van der Waals surface area contributed by atoms with Crippen LogP contribution in [0.15, 0.2) is 24.3 Å². The van der Waals surface area contributed by atoms with E-state index in [4.69, 9.17) is 24.9 Å². The van der Waals surface area contributed by atoms with Gasteiger partial charge in [0.05, 0.1) is 0 Å². The summed E-state index contributed by atoms with van der Waals surface area (Å²) in [5, 5.41) is 22.5. The zero-order valence-corrected chi connectivity index (χ0v) is 11.4. The summed E-state index contributed by atoms with van der Waals surface area (Å²) in [6.45, 7) is 2.17. The predicted octanol–water partition coefficient (Wildman–Crippen LogP) is 4.09. The van der Waals surface area contributed by atoms with Gasteiger partial charge >= 0.3 is 12.3 Å². The van der Waals surface area contributed by atoms with Crippen LogP contribution in [0.4, 0.5) is 9.59 Å². The van der Waals surface area contributed by atoms with Gasteiger partial charge in [0.1, 0.15) is 5.75 Å². The van der Waals surface area contributed by atoms with Gasteiger partial charge < -0.3 is 20.1 Å². The number of para-hydroxylation sites is 1. The molecule has 0 aliphatic heterocycles. The van der Waals surface area contributed by atoms with E-state index in [2.05, 4.69) is 6.92 Å². The molecule has 0 unspecified atom stereocenters. The van der Waals surface area contributed by atoms with E-state index in [1.54, 1.807) is 12.1 Å². The summed E-state index contributed by atoms with van der Waals surface area (Å²) < 4.78 is 4.72. The third-order valence-electron chi connectivity index (χ3n) is 2.47. The molecule has 0 amide bonds. The lowest BCUT2D eigenvalue weighted by Crippen LogP contribution is -2.05. The highest BCUT2D eigenvalue weighted by molar-refractivity contribution is 5.62. The zero-order chi connectivity index (χ0) is 15.4. The van der Waals surface area contributed by atoms with E-state index in [0.717, 1.165) is 18.4 Å². The predicted molar refractivity (Wildman–Crippen MR) is 73.6 cm³/mol. The number of carbonyl (C=O) groups is 2. The van der Waals surface area contributed by atoms with Gasteiger partial charge in [0.15, 0.2) is 0 Å². The van der Waals surface area contributed by atoms with Crippen LogP contribution in [0.1, 0.15) is 38.2 Å². The minimum Gasteiger partial charge on any atom is -0.450 e. The van der Waals surface area contributed by atoms with Crippen molar-refractivity contribution >= 4 is 12.3 Å². The molecule has 1 aromatic carbocycles. The number of ether oxygens (including phenoxy) is 1. The molecule has 0 aliphatic rings. The number of carboxylic acid groups (broad SMARTS) is 3. The van der Waals surface area contributed by atoms with Crippen molar-refractivity contribution in [1.82, 2.24) is 0 Å². The standard InChI is InChI=1S/C13H18O3.CH2O3/c1-2-3-4-5-8-11-9-6-7-10-12(11)16-13(14)15;2-1(3)4/h6-7,9-10H,2-5,8H2,1H3,(H,14,15);(H2,2,3,4). The van der Waals surface area contributed by atoms with Crippen LogP contribution in [0.5, 0.6) is 5.75 Å². The highest BCUT2D eigenvalue weighted by atomic mass is 16.7. The number of hydrogen-bond acceptors (Lipinski definition) is 3. The molecule has 6 nitrogen and oxygen atoms in total. The van der Waals surface area contributed by atoms with E-state index in [1.807, 2.05) is 12.1 Å². The van der Waals surface area contributed by atoms with Gasteiger partial charge in [0.2, 0.25) is 0 Å². The number of rotatable bonds is 6. The second kappa shape index (κ2) is 10.7. The molecule has 0 aliphatic carbocycles. The largest absolute Gasteiger partial charge is 0.511 e. The Bertz CT molecular complexity index is 412. The average Bonchev–Trinajstić information content (AvgIpc) is 2.35. The molecule has 3 N–H and O–H groups in total. The SMILES string of the molecule is CCCCCCc1ccccc1OC(=O)O.O=C(O)O. The highest BCUT2D eigenvalue weighted by Gasteiger charge is 2.06. The molecule has 0 heterocycles. The van der Waals surface area contributed by atoms with Crippen LogP contribution in [0.25, 0.3) is 0 Å². The van der Waals surface area contributed by atoms with Crippen molar-refractivity contribution in [3.8, 4) is 5.75 Å². The van der Waals surface area contributed by atoms with E-state index < -0.39 is 12.3 Å². The molecule has 0 radical (unpaired) electrons. The lowest BCUT2D eigenvalue weighted by Gasteiger charge is -2.07. The molecule has 0 aromatic heterocycles. The van der Waals surface area contributed by atoms with Gasteiger partial charge in [-0.2, -0.15) is 0 Å². The number of benzene rings is 1. The minimum atomic E-state index is -1.83. The first-order chi connectivity index (χ1) is 9.47. The minimum absolute atomic E-state index is 0.464. The van der Waals surface area contributed by atoms with Gasteiger partial charge in [-0.05, 0) is 24.5 Å². The summed E-state index contributed by atoms with van der Waals surface area (Å²) in [6, 6.07) is 7.31. The quantitative estimate of drug-likeness (QED) is 0.413. The van der Waals surface area contributed by atoms with Crippen LogP contribution in [0.3, 0.4) is 0 Å². The van der Waals surface area contributed by atoms with Crippen molar-refractivity contribution in [1.29, 1.82) is 0 Å². The summed E-state index contributed by atoms with van der Waals surface area (Å²) in [4.78, 5) is 19.0.